The normalized spacial score (nSPS) is 10.9. The number of ether oxygens (including phenoxy) is 2. The Morgan fingerprint density at radius 1 is 1.05 bits per heavy atom. The molecule has 0 aliphatic heterocycles. The molecule has 104 valence electrons. The number of methoxy groups -OCH3 is 2. The van der Waals surface area contributed by atoms with Crippen LogP contribution in [0.4, 0.5) is 0 Å². The second kappa shape index (κ2) is 5.81. The fourth-order valence-electron chi connectivity index (χ4n) is 1.46. The van der Waals surface area contributed by atoms with Gasteiger partial charge in [0.15, 0.2) is 0 Å². The molecule has 0 unspecified atom stereocenters. The molecule has 0 aliphatic carbocycles. The second-order valence-corrected chi connectivity index (χ2v) is 5.08. The van der Waals surface area contributed by atoms with E-state index in [1.807, 2.05) is 0 Å². The van der Waals surface area contributed by atoms with E-state index in [1.54, 1.807) is 0 Å². The molecule has 0 saturated heterocycles. The zero-order valence-corrected chi connectivity index (χ0v) is 11.1. The highest BCUT2D eigenvalue weighted by Gasteiger charge is 2.16. The Hall–Kier alpha value is -1.93. The summed E-state index contributed by atoms with van der Waals surface area (Å²) in [5.41, 5.74) is 0.0545. The van der Waals surface area contributed by atoms with Crippen molar-refractivity contribution < 1.29 is 32.0 Å². The largest absolute Gasteiger partial charge is 0.465 e. The van der Waals surface area contributed by atoms with Gasteiger partial charge in [-0.1, -0.05) is 0 Å². The highest BCUT2D eigenvalue weighted by molar-refractivity contribution is 7.85. The number of rotatable bonds is 4. The number of esters is 2. The molecule has 0 aromatic heterocycles. The summed E-state index contributed by atoms with van der Waals surface area (Å²) in [4.78, 5) is 22.8. The highest BCUT2D eigenvalue weighted by atomic mass is 32.2. The molecular weight excluding hydrogens is 276 g/mol. The summed E-state index contributed by atoms with van der Waals surface area (Å²) in [6.45, 7) is 0. The summed E-state index contributed by atoms with van der Waals surface area (Å²) in [6.07, 6.45) is 0. The van der Waals surface area contributed by atoms with E-state index < -0.39 is 27.8 Å². The first kappa shape index (κ1) is 15.1. The molecule has 0 amide bonds. The van der Waals surface area contributed by atoms with Gasteiger partial charge in [0.25, 0.3) is 10.1 Å². The van der Waals surface area contributed by atoms with E-state index in [-0.39, 0.29) is 16.7 Å². The van der Waals surface area contributed by atoms with Crippen molar-refractivity contribution in [1.82, 2.24) is 0 Å². The number of hydrogen-bond donors (Lipinski definition) is 1. The highest BCUT2D eigenvalue weighted by Crippen LogP contribution is 2.15. The molecule has 7 nitrogen and oxygen atoms in total. The predicted octanol–water partition coefficient (Wildman–Crippen LogP) is 0.648. The van der Waals surface area contributed by atoms with Gasteiger partial charge in [-0.15, -0.1) is 0 Å². The van der Waals surface area contributed by atoms with Crippen LogP contribution < -0.4 is 0 Å². The number of carbonyl (C=O) groups is 2. The molecule has 0 bridgehead atoms. The Labute approximate surface area is 109 Å². The second-order valence-electron chi connectivity index (χ2n) is 3.63. The Balaban J connectivity index is 3.31. The number of benzene rings is 1. The summed E-state index contributed by atoms with van der Waals surface area (Å²) in [5.74, 6) is -2.19. The van der Waals surface area contributed by atoms with Gasteiger partial charge in [-0.05, 0) is 23.8 Å². The quantitative estimate of drug-likeness (QED) is 0.640. The molecule has 0 radical (unpaired) electrons. The first-order valence-electron chi connectivity index (χ1n) is 5.02. The summed E-state index contributed by atoms with van der Waals surface area (Å²) < 4.78 is 39.4. The smallest absolute Gasteiger partial charge is 0.337 e. The molecule has 8 heteroatoms. The topological polar surface area (TPSA) is 107 Å². The van der Waals surface area contributed by atoms with Crippen LogP contribution in [-0.4, -0.2) is 39.1 Å². The van der Waals surface area contributed by atoms with Crippen LogP contribution in [0.3, 0.4) is 0 Å². The minimum Gasteiger partial charge on any atom is -0.465 e. The minimum absolute atomic E-state index is 0.0101. The van der Waals surface area contributed by atoms with Crippen molar-refractivity contribution in [3.63, 3.8) is 0 Å². The van der Waals surface area contributed by atoms with Crippen LogP contribution in [0.2, 0.25) is 0 Å². The summed E-state index contributed by atoms with van der Waals surface area (Å²) in [7, 11) is -1.98. The van der Waals surface area contributed by atoms with Crippen LogP contribution in [0, 0.1) is 0 Å². The lowest BCUT2D eigenvalue weighted by Gasteiger charge is -2.06. The maximum Gasteiger partial charge on any atom is 0.337 e. The third kappa shape index (κ3) is 4.34. The van der Waals surface area contributed by atoms with Gasteiger partial charge in [-0.2, -0.15) is 8.42 Å². The first-order valence-corrected chi connectivity index (χ1v) is 6.63. The molecule has 1 N–H and O–H groups in total. The molecule has 1 aromatic carbocycles. The average molecular weight is 288 g/mol. The van der Waals surface area contributed by atoms with Crippen molar-refractivity contribution in [3.05, 3.63) is 34.9 Å². The minimum atomic E-state index is -4.28. The number of carbonyl (C=O) groups excluding carboxylic acids is 2. The van der Waals surface area contributed by atoms with Crippen LogP contribution >= 0.6 is 0 Å². The van der Waals surface area contributed by atoms with E-state index in [2.05, 4.69) is 9.47 Å². The van der Waals surface area contributed by atoms with Crippen molar-refractivity contribution in [1.29, 1.82) is 0 Å². The Morgan fingerprint density at radius 2 is 1.47 bits per heavy atom. The van der Waals surface area contributed by atoms with E-state index in [1.165, 1.54) is 18.2 Å². The van der Waals surface area contributed by atoms with E-state index in [0.29, 0.717) is 0 Å². The zero-order valence-electron chi connectivity index (χ0n) is 10.2. The van der Waals surface area contributed by atoms with Gasteiger partial charge >= 0.3 is 11.9 Å². The number of hydrogen-bond acceptors (Lipinski definition) is 6. The van der Waals surface area contributed by atoms with Gasteiger partial charge in [0, 0.05) is 0 Å². The van der Waals surface area contributed by atoms with Gasteiger partial charge in [0.1, 0.15) is 5.75 Å². The molecule has 19 heavy (non-hydrogen) atoms. The van der Waals surface area contributed by atoms with Crippen LogP contribution in [0.5, 0.6) is 0 Å². The molecule has 0 saturated carbocycles. The molecule has 0 aliphatic rings. The van der Waals surface area contributed by atoms with Crippen LogP contribution in [0.25, 0.3) is 0 Å². The summed E-state index contributed by atoms with van der Waals surface area (Å²) in [5, 5.41) is 0. The lowest BCUT2D eigenvalue weighted by Crippen LogP contribution is -2.10. The predicted molar refractivity (Wildman–Crippen MR) is 64.4 cm³/mol. The van der Waals surface area contributed by atoms with E-state index >= 15 is 0 Å². The SMILES string of the molecule is COC(=O)c1cc(CS(=O)(=O)O)cc(C(=O)OC)c1. The van der Waals surface area contributed by atoms with Crippen molar-refractivity contribution >= 4 is 22.1 Å². The molecule has 0 spiro atoms. The zero-order chi connectivity index (χ0) is 14.6. The van der Waals surface area contributed by atoms with E-state index in [0.717, 1.165) is 14.2 Å². The lowest BCUT2D eigenvalue weighted by atomic mass is 10.1. The van der Waals surface area contributed by atoms with Crippen LogP contribution in [-0.2, 0) is 25.3 Å². The molecule has 0 heterocycles. The monoisotopic (exact) mass is 288 g/mol. The standard InChI is InChI=1S/C11H12O7S/c1-17-10(12)8-3-7(6-19(14,15)16)4-9(5-8)11(13)18-2/h3-5H,6H2,1-2H3,(H,14,15,16). The molecule has 1 aromatic rings. The fourth-order valence-corrected chi connectivity index (χ4v) is 2.05. The van der Waals surface area contributed by atoms with E-state index in [4.69, 9.17) is 4.55 Å². The molecule has 0 fully saturated rings. The van der Waals surface area contributed by atoms with Crippen molar-refractivity contribution in [2.75, 3.05) is 14.2 Å². The van der Waals surface area contributed by atoms with Gasteiger partial charge in [-0.25, -0.2) is 9.59 Å². The third-order valence-electron chi connectivity index (χ3n) is 2.18. The Kier molecular flexibility index (Phi) is 4.62. The third-order valence-corrected chi connectivity index (χ3v) is 2.88. The van der Waals surface area contributed by atoms with Gasteiger partial charge < -0.3 is 9.47 Å². The molecule has 0 atom stereocenters. The average Bonchev–Trinajstić information content (AvgIpc) is 2.34. The van der Waals surface area contributed by atoms with Gasteiger partial charge in [0.2, 0.25) is 0 Å². The van der Waals surface area contributed by atoms with Crippen molar-refractivity contribution in [2.45, 2.75) is 5.75 Å². The van der Waals surface area contributed by atoms with Crippen molar-refractivity contribution in [3.8, 4) is 0 Å². The van der Waals surface area contributed by atoms with Gasteiger partial charge in [-0.3, -0.25) is 4.55 Å². The molecular formula is C11H12O7S. The lowest BCUT2D eigenvalue weighted by molar-refractivity contribution is 0.0599. The molecule has 1 rings (SSSR count). The van der Waals surface area contributed by atoms with Crippen LogP contribution in [0.15, 0.2) is 18.2 Å². The summed E-state index contributed by atoms with van der Waals surface area (Å²) in [6, 6.07) is 3.64. The maximum atomic E-state index is 11.4. The van der Waals surface area contributed by atoms with Gasteiger partial charge in [0.05, 0.1) is 25.3 Å². The maximum absolute atomic E-state index is 11.4. The Bertz CT molecular complexity index is 569. The first-order chi connectivity index (χ1) is 8.76. The van der Waals surface area contributed by atoms with E-state index in [9.17, 15) is 18.0 Å². The summed E-state index contributed by atoms with van der Waals surface area (Å²) >= 11 is 0. The van der Waals surface area contributed by atoms with Crippen molar-refractivity contribution in [2.24, 2.45) is 0 Å². The fraction of sp³-hybridized carbons (Fsp3) is 0.273. The van der Waals surface area contributed by atoms with Crippen LogP contribution in [0.1, 0.15) is 26.3 Å². The Morgan fingerprint density at radius 3 is 1.79 bits per heavy atom.